The molecule has 4 nitrogen and oxygen atoms in total. The highest BCUT2D eigenvalue weighted by Crippen LogP contribution is 2.33. The summed E-state index contributed by atoms with van der Waals surface area (Å²) in [6.07, 6.45) is 4.37. The highest BCUT2D eigenvalue weighted by molar-refractivity contribution is 5.83. The molecule has 1 unspecified atom stereocenters. The molecule has 1 amide bonds. The molecule has 0 aromatic rings. The van der Waals surface area contributed by atoms with Gasteiger partial charge in [-0.05, 0) is 44.7 Å². The van der Waals surface area contributed by atoms with Crippen LogP contribution in [-0.4, -0.2) is 36.0 Å². The zero-order valence-electron chi connectivity index (χ0n) is 11.5. The van der Waals surface area contributed by atoms with Crippen molar-refractivity contribution in [2.75, 3.05) is 19.6 Å². The molecule has 0 radical (unpaired) electrons. The lowest BCUT2D eigenvalue weighted by molar-refractivity contribution is -0.122. The molecule has 1 fully saturated rings. The fourth-order valence-corrected chi connectivity index (χ4v) is 2.18. The minimum atomic E-state index is -0.870. The van der Waals surface area contributed by atoms with Gasteiger partial charge in [-0.3, -0.25) is 4.79 Å². The van der Waals surface area contributed by atoms with E-state index < -0.39 is 11.4 Å². The molecule has 4 heteroatoms. The van der Waals surface area contributed by atoms with Crippen molar-refractivity contribution in [1.29, 1.82) is 0 Å². The number of nitrogens with zero attached hydrogens (tertiary/aromatic N) is 1. The minimum Gasteiger partial charge on any atom is -0.368 e. The number of hydrogen-bond acceptors (Lipinski definition) is 3. The number of carbonyl (C=O) groups excluding carboxylic acids is 1. The number of primary amides is 1. The monoisotopic (exact) mass is 241 g/mol. The molecule has 1 aliphatic rings. The predicted octanol–water partition coefficient (Wildman–Crippen LogP) is 1.09. The van der Waals surface area contributed by atoms with Crippen LogP contribution < -0.4 is 11.5 Å². The van der Waals surface area contributed by atoms with Gasteiger partial charge in [-0.15, -0.1) is 0 Å². The topological polar surface area (TPSA) is 72.3 Å². The Morgan fingerprint density at radius 1 is 1.41 bits per heavy atom. The first-order chi connectivity index (χ1) is 7.79. The summed E-state index contributed by atoms with van der Waals surface area (Å²) >= 11 is 0. The molecule has 1 rings (SSSR count). The Kier molecular flexibility index (Phi) is 4.55. The maximum atomic E-state index is 11.1. The van der Waals surface area contributed by atoms with Crippen LogP contribution in [0.15, 0.2) is 0 Å². The van der Waals surface area contributed by atoms with E-state index >= 15 is 0 Å². The second-order valence-corrected chi connectivity index (χ2v) is 6.04. The van der Waals surface area contributed by atoms with Gasteiger partial charge in [-0.2, -0.15) is 0 Å². The van der Waals surface area contributed by atoms with Crippen LogP contribution in [0.3, 0.4) is 0 Å². The average Bonchev–Trinajstić information content (AvgIpc) is 2.28. The molecule has 1 saturated heterocycles. The van der Waals surface area contributed by atoms with E-state index in [2.05, 4.69) is 18.7 Å². The van der Waals surface area contributed by atoms with Crippen LogP contribution in [0.2, 0.25) is 0 Å². The third-order valence-corrected chi connectivity index (χ3v) is 4.43. The Bertz CT molecular complexity index is 268. The molecular weight excluding hydrogens is 214 g/mol. The Hall–Kier alpha value is -0.610. The number of nitrogens with two attached hydrogens (primary N) is 2. The summed E-state index contributed by atoms with van der Waals surface area (Å²) in [5, 5.41) is 0. The first-order valence-corrected chi connectivity index (χ1v) is 6.60. The van der Waals surface area contributed by atoms with Crippen molar-refractivity contribution < 1.29 is 4.79 Å². The molecule has 0 saturated carbocycles. The zero-order valence-corrected chi connectivity index (χ0v) is 11.5. The van der Waals surface area contributed by atoms with Gasteiger partial charge in [0.15, 0.2) is 0 Å². The van der Waals surface area contributed by atoms with E-state index in [9.17, 15) is 4.79 Å². The maximum absolute atomic E-state index is 11.1. The molecule has 0 spiro atoms. The second-order valence-electron chi connectivity index (χ2n) is 6.04. The molecule has 1 heterocycles. The predicted molar refractivity (Wildman–Crippen MR) is 70.5 cm³/mol. The van der Waals surface area contributed by atoms with E-state index in [0.717, 1.165) is 19.6 Å². The van der Waals surface area contributed by atoms with Gasteiger partial charge < -0.3 is 16.4 Å². The molecule has 0 aromatic heterocycles. The van der Waals surface area contributed by atoms with Gasteiger partial charge in [0.25, 0.3) is 0 Å². The van der Waals surface area contributed by atoms with Crippen LogP contribution in [0.5, 0.6) is 0 Å². The molecule has 100 valence electrons. The van der Waals surface area contributed by atoms with Crippen LogP contribution in [0.4, 0.5) is 0 Å². The fraction of sp³-hybridized carbons (Fsp3) is 0.923. The van der Waals surface area contributed by atoms with Crippen molar-refractivity contribution in [3.05, 3.63) is 0 Å². The van der Waals surface area contributed by atoms with Crippen LogP contribution in [0.25, 0.3) is 0 Å². The summed E-state index contributed by atoms with van der Waals surface area (Å²) < 4.78 is 0. The Morgan fingerprint density at radius 3 is 2.35 bits per heavy atom. The molecule has 0 bridgehead atoms. The lowest BCUT2D eigenvalue weighted by Gasteiger charge is -2.39. The fourth-order valence-electron chi connectivity index (χ4n) is 2.18. The summed E-state index contributed by atoms with van der Waals surface area (Å²) in [4.78, 5) is 13.5. The lowest BCUT2D eigenvalue weighted by Crippen LogP contribution is -2.51. The van der Waals surface area contributed by atoms with Gasteiger partial charge in [-0.25, -0.2) is 0 Å². The SMILES string of the molecule is CCC1(C)CCN(CCC(C)(N)C(N)=O)CC1. The molecule has 0 aliphatic carbocycles. The lowest BCUT2D eigenvalue weighted by atomic mass is 9.78. The van der Waals surface area contributed by atoms with Crippen LogP contribution >= 0.6 is 0 Å². The summed E-state index contributed by atoms with van der Waals surface area (Å²) in [5.41, 5.74) is 10.8. The number of amides is 1. The van der Waals surface area contributed by atoms with Crippen LogP contribution in [0, 0.1) is 5.41 Å². The average molecular weight is 241 g/mol. The van der Waals surface area contributed by atoms with Gasteiger partial charge in [0.2, 0.25) is 5.91 Å². The normalized spacial score (nSPS) is 24.2. The van der Waals surface area contributed by atoms with Crippen molar-refractivity contribution in [2.45, 2.75) is 52.0 Å². The van der Waals surface area contributed by atoms with Crippen molar-refractivity contribution >= 4 is 5.91 Å². The molecule has 17 heavy (non-hydrogen) atoms. The summed E-state index contributed by atoms with van der Waals surface area (Å²) in [6.45, 7) is 9.43. The number of carbonyl (C=O) groups is 1. The summed E-state index contributed by atoms with van der Waals surface area (Å²) in [7, 11) is 0. The Morgan fingerprint density at radius 2 is 1.94 bits per heavy atom. The van der Waals surface area contributed by atoms with E-state index in [0.29, 0.717) is 11.8 Å². The molecule has 1 atom stereocenters. The van der Waals surface area contributed by atoms with Crippen molar-refractivity contribution in [3.8, 4) is 0 Å². The zero-order chi connectivity index (χ0) is 13.1. The van der Waals surface area contributed by atoms with Crippen molar-refractivity contribution in [3.63, 3.8) is 0 Å². The molecule has 1 aliphatic heterocycles. The number of rotatable bonds is 5. The van der Waals surface area contributed by atoms with Gasteiger partial charge in [0.05, 0.1) is 5.54 Å². The molecular formula is C13H27N3O. The number of hydrogen-bond donors (Lipinski definition) is 2. The first kappa shape index (κ1) is 14.5. The smallest absolute Gasteiger partial charge is 0.237 e. The van der Waals surface area contributed by atoms with Crippen molar-refractivity contribution in [1.82, 2.24) is 4.90 Å². The number of piperidine rings is 1. The van der Waals surface area contributed by atoms with E-state index in [1.165, 1.54) is 19.3 Å². The molecule has 0 aromatic carbocycles. The third kappa shape index (κ3) is 3.96. The quantitative estimate of drug-likeness (QED) is 0.757. The Labute approximate surface area is 105 Å². The summed E-state index contributed by atoms with van der Waals surface area (Å²) in [6, 6.07) is 0. The van der Waals surface area contributed by atoms with Gasteiger partial charge >= 0.3 is 0 Å². The standard InChI is InChI=1S/C13H27N3O/c1-4-12(2)5-8-16(9-6-12)10-7-13(3,15)11(14)17/h4-10,15H2,1-3H3,(H2,14,17). The van der Waals surface area contributed by atoms with Gasteiger partial charge in [0.1, 0.15) is 0 Å². The van der Waals surface area contributed by atoms with Crippen LogP contribution in [0.1, 0.15) is 46.5 Å². The Balaban J connectivity index is 2.34. The van der Waals surface area contributed by atoms with E-state index in [1.807, 2.05) is 0 Å². The highest BCUT2D eigenvalue weighted by atomic mass is 16.1. The van der Waals surface area contributed by atoms with Crippen molar-refractivity contribution in [2.24, 2.45) is 16.9 Å². The van der Waals surface area contributed by atoms with Gasteiger partial charge in [0, 0.05) is 6.54 Å². The molecule has 4 N–H and O–H groups in total. The minimum absolute atomic E-state index is 0.409. The number of likely N-dealkylation sites (tertiary alicyclic amines) is 1. The van der Waals surface area contributed by atoms with Crippen LogP contribution in [-0.2, 0) is 4.79 Å². The maximum Gasteiger partial charge on any atom is 0.237 e. The second kappa shape index (κ2) is 5.36. The summed E-state index contributed by atoms with van der Waals surface area (Å²) in [5.74, 6) is -0.409. The van der Waals surface area contributed by atoms with E-state index in [1.54, 1.807) is 6.92 Å². The first-order valence-electron chi connectivity index (χ1n) is 6.60. The third-order valence-electron chi connectivity index (χ3n) is 4.43. The van der Waals surface area contributed by atoms with E-state index in [4.69, 9.17) is 11.5 Å². The highest BCUT2D eigenvalue weighted by Gasteiger charge is 2.30. The largest absolute Gasteiger partial charge is 0.368 e. The van der Waals surface area contributed by atoms with E-state index in [-0.39, 0.29) is 0 Å². The van der Waals surface area contributed by atoms with Gasteiger partial charge in [-0.1, -0.05) is 20.3 Å².